The van der Waals surface area contributed by atoms with E-state index in [4.69, 9.17) is 25.1 Å². The molecule has 0 fully saturated rings. The van der Waals surface area contributed by atoms with E-state index in [0.717, 1.165) is 6.07 Å². The maximum absolute atomic E-state index is 13.1. The Labute approximate surface area is 305 Å². The number of nitrogens with two attached hydrogens (primary N) is 1. The summed E-state index contributed by atoms with van der Waals surface area (Å²) < 4.78 is 67.5. The Bertz CT molecular complexity index is 1610. The lowest BCUT2D eigenvalue weighted by atomic mass is 10.3. The standard InChI is InChI=1S/C7H4Br2FNO3.C7H5Br2FO.C7H8FNO.C6H3Br2FO/c1-14-7-3(8)2-4(10)6(5(7)9)11(12)13;1-11-7-5(8)2-4(10)3-6(7)9;1-10-5-2-3-6(8)7(9)4-5;7-4-1-3(9)2-5(8)6(4)10/h2H,1H3;2-3H,1H3;2-4H,9H2,1H3;1-2,10H. The largest absolute Gasteiger partial charge is 0.506 e. The van der Waals surface area contributed by atoms with Crippen LogP contribution in [0.3, 0.4) is 0 Å². The molecule has 0 saturated carbocycles. The van der Waals surface area contributed by atoms with Crippen LogP contribution in [0.4, 0.5) is 28.9 Å². The summed E-state index contributed by atoms with van der Waals surface area (Å²) in [6, 6.07) is 10.3. The number of aromatic hydroxyl groups is 1. The van der Waals surface area contributed by atoms with Gasteiger partial charge in [0.1, 0.15) is 39.2 Å². The van der Waals surface area contributed by atoms with E-state index in [1.54, 1.807) is 0 Å². The highest BCUT2D eigenvalue weighted by Crippen LogP contribution is 2.41. The first-order chi connectivity index (χ1) is 21.0. The monoisotopic (exact) mass is 1020 g/mol. The molecule has 3 N–H and O–H groups in total. The van der Waals surface area contributed by atoms with Gasteiger partial charge < -0.3 is 25.1 Å². The Hall–Kier alpha value is -2.12. The normalized spacial score (nSPS) is 9.80. The summed E-state index contributed by atoms with van der Waals surface area (Å²) in [5.74, 6) is -0.652. The molecule has 0 spiro atoms. The van der Waals surface area contributed by atoms with Crippen LogP contribution < -0.4 is 19.9 Å². The second-order valence-corrected chi connectivity index (χ2v) is 12.9. The van der Waals surface area contributed by atoms with E-state index in [0.29, 0.717) is 33.9 Å². The number of hydrogen-bond acceptors (Lipinski definition) is 7. The summed E-state index contributed by atoms with van der Waals surface area (Å²) in [4.78, 5) is 9.68. The molecular weight excluding hydrogens is 1000 g/mol. The summed E-state index contributed by atoms with van der Waals surface area (Å²) in [5, 5.41) is 19.6. The van der Waals surface area contributed by atoms with Crippen LogP contribution in [-0.4, -0.2) is 31.4 Å². The number of phenolic OH excluding ortho intramolecular Hbond substituents is 1. The predicted molar refractivity (Wildman–Crippen MR) is 184 cm³/mol. The lowest BCUT2D eigenvalue weighted by Gasteiger charge is -2.06. The number of phenols is 1. The number of anilines is 1. The number of benzene rings is 4. The molecule has 0 atom stereocenters. The van der Waals surface area contributed by atoms with Crippen molar-refractivity contribution in [3.8, 4) is 23.0 Å². The van der Waals surface area contributed by atoms with E-state index in [1.165, 1.54) is 63.8 Å². The molecule has 4 aromatic rings. The van der Waals surface area contributed by atoms with Crippen LogP contribution in [0.2, 0.25) is 0 Å². The van der Waals surface area contributed by atoms with Crippen LogP contribution in [0.1, 0.15) is 0 Å². The highest BCUT2D eigenvalue weighted by atomic mass is 79.9. The van der Waals surface area contributed by atoms with Crippen LogP contribution in [0.15, 0.2) is 75.4 Å². The van der Waals surface area contributed by atoms with Gasteiger partial charge in [0, 0.05) is 6.07 Å². The maximum Gasteiger partial charge on any atom is 0.322 e. The van der Waals surface area contributed by atoms with Gasteiger partial charge in [-0.25, -0.2) is 13.2 Å². The molecule has 4 rings (SSSR count). The van der Waals surface area contributed by atoms with Crippen molar-refractivity contribution in [2.24, 2.45) is 0 Å². The van der Waals surface area contributed by atoms with Gasteiger partial charge in [-0.1, -0.05) is 0 Å². The summed E-state index contributed by atoms with van der Waals surface area (Å²) in [5.41, 5.74) is 4.72. The van der Waals surface area contributed by atoms with E-state index in [-0.39, 0.29) is 27.5 Å². The lowest BCUT2D eigenvalue weighted by Crippen LogP contribution is -1.97. The van der Waals surface area contributed by atoms with Crippen molar-refractivity contribution in [2.45, 2.75) is 0 Å². The van der Waals surface area contributed by atoms with Crippen LogP contribution in [0.5, 0.6) is 23.0 Å². The first-order valence-electron chi connectivity index (χ1n) is 11.5. The first-order valence-corrected chi connectivity index (χ1v) is 16.2. The number of hydrogen-bond donors (Lipinski definition) is 2. The fourth-order valence-electron chi connectivity index (χ4n) is 2.82. The van der Waals surface area contributed by atoms with Gasteiger partial charge in [0.05, 0.1) is 54.3 Å². The van der Waals surface area contributed by atoms with Crippen molar-refractivity contribution >= 4 is 107 Å². The zero-order valence-corrected chi connectivity index (χ0v) is 32.4. The van der Waals surface area contributed by atoms with Crippen molar-refractivity contribution in [1.82, 2.24) is 0 Å². The van der Waals surface area contributed by atoms with E-state index in [2.05, 4.69) is 95.6 Å². The van der Waals surface area contributed by atoms with E-state index >= 15 is 0 Å². The van der Waals surface area contributed by atoms with Crippen molar-refractivity contribution in [1.29, 1.82) is 0 Å². The number of nitrogens with zero attached hydrogens (tertiary/aromatic N) is 1. The number of halogens is 10. The minimum atomic E-state index is -0.922. The number of nitrogen functional groups attached to an aromatic ring is 1. The summed E-state index contributed by atoms with van der Waals surface area (Å²) in [6.45, 7) is 0. The highest BCUT2D eigenvalue weighted by Gasteiger charge is 2.25. The Balaban J connectivity index is 0.000000303. The molecule has 0 unspecified atom stereocenters. The van der Waals surface area contributed by atoms with Crippen molar-refractivity contribution in [3.63, 3.8) is 0 Å². The minimum absolute atomic E-state index is 0.0152. The van der Waals surface area contributed by atoms with Crippen LogP contribution in [-0.2, 0) is 0 Å². The van der Waals surface area contributed by atoms with Gasteiger partial charge in [-0.15, -0.1) is 0 Å². The van der Waals surface area contributed by atoms with Gasteiger partial charge in [-0.2, -0.15) is 4.39 Å². The fourth-order valence-corrected chi connectivity index (χ4v) is 6.95. The summed E-state index contributed by atoms with van der Waals surface area (Å²) in [6.07, 6.45) is 0. The van der Waals surface area contributed by atoms with Crippen LogP contribution in [0, 0.1) is 33.4 Å². The molecule has 18 heteroatoms. The van der Waals surface area contributed by atoms with Crippen LogP contribution >= 0.6 is 95.6 Å². The second-order valence-electron chi connectivity index (χ2n) is 7.80. The number of methoxy groups -OCH3 is 3. The zero-order valence-electron chi connectivity index (χ0n) is 22.9. The van der Waals surface area contributed by atoms with Crippen molar-refractivity contribution in [2.75, 3.05) is 27.1 Å². The quantitative estimate of drug-likeness (QED) is 0.0905. The molecule has 0 bridgehead atoms. The second kappa shape index (κ2) is 19.5. The number of rotatable bonds is 4. The van der Waals surface area contributed by atoms with Gasteiger partial charge in [0.15, 0.2) is 5.75 Å². The molecule has 45 heavy (non-hydrogen) atoms. The molecule has 8 nitrogen and oxygen atoms in total. The highest BCUT2D eigenvalue weighted by molar-refractivity contribution is 9.12. The summed E-state index contributed by atoms with van der Waals surface area (Å²) in [7, 11) is 4.38. The van der Waals surface area contributed by atoms with Gasteiger partial charge in [0.2, 0.25) is 5.82 Å². The van der Waals surface area contributed by atoms with Crippen LogP contribution in [0.25, 0.3) is 0 Å². The van der Waals surface area contributed by atoms with Gasteiger partial charge in [-0.05, 0) is 138 Å². The minimum Gasteiger partial charge on any atom is -0.506 e. The Kier molecular flexibility index (Phi) is 17.7. The molecule has 0 aliphatic carbocycles. The van der Waals surface area contributed by atoms with Gasteiger partial charge in [-0.3, -0.25) is 10.1 Å². The number of nitro benzene ring substituents is 1. The molecule has 0 saturated heterocycles. The summed E-state index contributed by atoms with van der Waals surface area (Å²) >= 11 is 18.2. The third-order valence-corrected chi connectivity index (χ3v) is 8.55. The van der Waals surface area contributed by atoms with Crippen molar-refractivity contribution < 1.29 is 41.8 Å². The average molecular weight is 1020 g/mol. The lowest BCUT2D eigenvalue weighted by molar-refractivity contribution is -0.388. The third-order valence-electron chi connectivity index (χ3n) is 4.84. The fraction of sp³-hybridized carbons (Fsp3) is 0.111. The third kappa shape index (κ3) is 12.5. The molecule has 0 amide bonds. The molecule has 0 aromatic heterocycles. The molecule has 0 aliphatic rings. The molecular formula is C27H20Br6F4N2O6. The smallest absolute Gasteiger partial charge is 0.322 e. The predicted octanol–water partition coefficient (Wildman–Crippen LogP) is 11.1. The number of ether oxygens (including phenoxy) is 3. The van der Waals surface area contributed by atoms with E-state index < -0.39 is 28.1 Å². The molecule has 0 aliphatic heterocycles. The molecule has 0 radical (unpaired) electrons. The maximum atomic E-state index is 13.1. The van der Waals surface area contributed by atoms with Gasteiger partial charge >= 0.3 is 5.69 Å². The van der Waals surface area contributed by atoms with E-state index in [9.17, 15) is 27.7 Å². The van der Waals surface area contributed by atoms with Gasteiger partial charge in [0.25, 0.3) is 0 Å². The topological polar surface area (TPSA) is 117 Å². The Morgan fingerprint density at radius 1 is 0.689 bits per heavy atom. The SMILES string of the molecule is COc1c(Br)cc(F)c([N+](=O)[O-])c1Br.COc1c(Br)cc(F)cc1Br.COc1ccc(F)c(N)c1.Oc1c(Br)cc(F)cc1Br. The average Bonchev–Trinajstić information content (AvgIpc) is 2.93. The van der Waals surface area contributed by atoms with Crippen molar-refractivity contribution in [3.05, 3.63) is 109 Å². The Morgan fingerprint density at radius 2 is 1.13 bits per heavy atom. The first kappa shape index (κ1) is 40.9. The number of nitro groups is 1. The molecule has 0 heterocycles. The Morgan fingerprint density at radius 3 is 1.53 bits per heavy atom. The molecule has 4 aromatic carbocycles. The zero-order chi connectivity index (χ0) is 34.6. The molecule has 244 valence electrons. The van der Waals surface area contributed by atoms with E-state index in [1.807, 2.05) is 0 Å².